The molecule has 0 amide bonds. The lowest BCUT2D eigenvalue weighted by Gasteiger charge is -2.47. The molecule has 0 spiro atoms. The van der Waals surface area contributed by atoms with E-state index in [1.807, 2.05) is 0 Å². The molecule has 12 heteroatoms. The van der Waals surface area contributed by atoms with Gasteiger partial charge in [0.05, 0.1) is 17.8 Å². The highest BCUT2D eigenvalue weighted by atomic mass is 19.1. The molecule has 3 fully saturated rings. The predicted octanol–water partition coefficient (Wildman–Crippen LogP) is -0.904. The van der Waals surface area contributed by atoms with Crippen molar-refractivity contribution in [2.45, 2.75) is 49.5 Å². The summed E-state index contributed by atoms with van der Waals surface area (Å²) < 4.78 is 22.5. The third kappa shape index (κ3) is 4.20. The van der Waals surface area contributed by atoms with E-state index in [9.17, 15) is 35.1 Å². The first-order valence-corrected chi connectivity index (χ1v) is 11.6. The average molecular weight is 493 g/mol. The second kappa shape index (κ2) is 9.12. The highest BCUT2D eigenvalue weighted by Crippen LogP contribution is 2.38. The average Bonchev–Trinajstić information content (AvgIpc) is 3.68. The van der Waals surface area contributed by atoms with Gasteiger partial charge in [-0.15, -0.1) is 0 Å². The molecule has 5 rings (SSSR count). The van der Waals surface area contributed by atoms with Crippen LogP contribution in [0.3, 0.4) is 0 Å². The molecule has 1 aromatic carbocycles. The van der Waals surface area contributed by atoms with Gasteiger partial charge in [-0.2, -0.15) is 0 Å². The quantitative estimate of drug-likeness (QED) is 0.354. The molecule has 3 aliphatic rings. The van der Waals surface area contributed by atoms with Crippen LogP contribution in [-0.2, 0) is 4.74 Å². The fourth-order valence-electron chi connectivity index (χ4n) is 5.01. The standard InChI is InChI=1S/C23H28FN3O8/c24-14-7-12-15(27(11-1-2-11)9-13(18(12)29)23(33)34)8-16(14)25-3-5-26(6-4-25)22-21(32)20(31)19(30)17(10-28)35-22/h7-9,11,17,19-22,28,30-32H,1-6,10H2,(H,33,34)/t17-,19-,20+,21-,22-/m1/s1. The molecule has 3 heterocycles. The maximum absolute atomic E-state index is 15.2. The number of aliphatic hydroxyl groups excluding tert-OH is 4. The smallest absolute Gasteiger partial charge is 0.341 e. The summed E-state index contributed by atoms with van der Waals surface area (Å²) in [6.07, 6.45) is -3.21. The zero-order valence-electron chi connectivity index (χ0n) is 18.8. The van der Waals surface area contributed by atoms with Crippen LogP contribution in [0, 0.1) is 5.82 Å². The minimum atomic E-state index is -1.48. The number of benzene rings is 1. The summed E-state index contributed by atoms with van der Waals surface area (Å²) in [6.45, 7) is 0.855. The number of hydrogen-bond acceptors (Lipinski definition) is 9. The van der Waals surface area contributed by atoms with Crippen molar-refractivity contribution in [1.82, 2.24) is 9.47 Å². The lowest BCUT2D eigenvalue weighted by atomic mass is 9.97. The second-order valence-electron chi connectivity index (χ2n) is 9.38. The highest BCUT2D eigenvalue weighted by molar-refractivity contribution is 5.93. The number of ether oxygens (including phenoxy) is 1. The van der Waals surface area contributed by atoms with Crippen LogP contribution in [0.25, 0.3) is 10.9 Å². The Morgan fingerprint density at radius 3 is 2.34 bits per heavy atom. The van der Waals surface area contributed by atoms with Gasteiger partial charge in [-0.1, -0.05) is 0 Å². The first-order valence-electron chi connectivity index (χ1n) is 11.6. The summed E-state index contributed by atoms with van der Waals surface area (Å²) in [7, 11) is 0. The van der Waals surface area contributed by atoms with Crippen molar-refractivity contribution < 1.29 is 39.5 Å². The molecule has 2 aliphatic heterocycles. The number of piperazine rings is 1. The van der Waals surface area contributed by atoms with Gasteiger partial charge in [-0.05, 0) is 25.0 Å². The van der Waals surface area contributed by atoms with Gasteiger partial charge in [0.25, 0.3) is 0 Å². The van der Waals surface area contributed by atoms with Crippen molar-refractivity contribution in [3.8, 4) is 0 Å². The van der Waals surface area contributed by atoms with Gasteiger partial charge in [0.1, 0.15) is 42.0 Å². The number of halogens is 1. The van der Waals surface area contributed by atoms with Gasteiger partial charge in [-0.25, -0.2) is 9.18 Å². The Morgan fingerprint density at radius 2 is 1.74 bits per heavy atom. The number of fused-ring (bicyclic) bond motifs is 1. The third-order valence-corrected chi connectivity index (χ3v) is 7.15. The van der Waals surface area contributed by atoms with Crippen molar-refractivity contribution in [2.75, 3.05) is 37.7 Å². The number of anilines is 1. The van der Waals surface area contributed by atoms with Crippen LogP contribution in [0.1, 0.15) is 29.2 Å². The molecular formula is C23H28FN3O8. The van der Waals surface area contributed by atoms with E-state index in [4.69, 9.17) is 4.74 Å². The van der Waals surface area contributed by atoms with E-state index >= 15 is 4.39 Å². The van der Waals surface area contributed by atoms with Crippen LogP contribution >= 0.6 is 0 Å². The van der Waals surface area contributed by atoms with Gasteiger partial charge in [0.15, 0.2) is 0 Å². The van der Waals surface area contributed by atoms with Crippen LogP contribution in [0.4, 0.5) is 10.1 Å². The van der Waals surface area contributed by atoms with Crippen molar-refractivity contribution in [3.63, 3.8) is 0 Å². The third-order valence-electron chi connectivity index (χ3n) is 7.15. The van der Waals surface area contributed by atoms with Crippen molar-refractivity contribution in [1.29, 1.82) is 0 Å². The normalized spacial score (nSPS) is 30.1. The molecule has 190 valence electrons. The van der Waals surface area contributed by atoms with E-state index in [0.29, 0.717) is 31.7 Å². The van der Waals surface area contributed by atoms with Gasteiger partial charge in [0, 0.05) is 43.8 Å². The minimum absolute atomic E-state index is 0.0259. The lowest BCUT2D eigenvalue weighted by molar-refractivity contribution is -0.265. The minimum Gasteiger partial charge on any atom is -0.477 e. The van der Waals surface area contributed by atoms with Gasteiger partial charge < -0.3 is 39.7 Å². The molecular weight excluding hydrogens is 465 g/mol. The molecule has 11 nitrogen and oxygen atoms in total. The Balaban J connectivity index is 1.40. The maximum Gasteiger partial charge on any atom is 0.341 e. The Labute approximate surface area is 199 Å². The molecule has 5 atom stereocenters. The number of aromatic nitrogens is 1. The van der Waals surface area contributed by atoms with Gasteiger partial charge in [-0.3, -0.25) is 9.69 Å². The van der Waals surface area contributed by atoms with Crippen LogP contribution in [-0.4, -0.2) is 104 Å². The van der Waals surface area contributed by atoms with Crippen molar-refractivity contribution in [3.05, 3.63) is 39.9 Å². The van der Waals surface area contributed by atoms with Crippen LogP contribution in [0.15, 0.2) is 23.1 Å². The number of hydrogen-bond donors (Lipinski definition) is 5. The molecule has 2 saturated heterocycles. The summed E-state index contributed by atoms with van der Waals surface area (Å²) in [4.78, 5) is 27.8. The number of carboxylic acids is 1. The molecule has 0 radical (unpaired) electrons. The van der Waals surface area contributed by atoms with E-state index in [0.717, 1.165) is 18.9 Å². The molecule has 5 N–H and O–H groups in total. The highest BCUT2D eigenvalue weighted by Gasteiger charge is 2.46. The second-order valence-corrected chi connectivity index (χ2v) is 9.38. The van der Waals surface area contributed by atoms with Crippen LogP contribution in [0.5, 0.6) is 0 Å². The Hall–Kier alpha value is -2.61. The summed E-state index contributed by atoms with van der Waals surface area (Å²) in [5.41, 5.74) is -0.343. The van der Waals surface area contributed by atoms with E-state index in [-0.39, 0.29) is 22.7 Å². The van der Waals surface area contributed by atoms with Gasteiger partial charge >= 0.3 is 5.97 Å². The lowest BCUT2D eigenvalue weighted by Crippen LogP contribution is -2.65. The molecule has 1 aromatic heterocycles. The fourth-order valence-corrected chi connectivity index (χ4v) is 5.01. The largest absolute Gasteiger partial charge is 0.477 e. The fraction of sp³-hybridized carbons (Fsp3) is 0.565. The van der Waals surface area contributed by atoms with Crippen molar-refractivity contribution in [2.24, 2.45) is 0 Å². The maximum atomic E-state index is 15.2. The summed E-state index contributed by atoms with van der Waals surface area (Å²) >= 11 is 0. The van der Waals surface area contributed by atoms with E-state index in [1.54, 1.807) is 20.4 Å². The Kier molecular flexibility index (Phi) is 6.28. The molecule has 2 aromatic rings. The monoisotopic (exact) mass is 493 g/mol. The molecule has 1 saturated carbocycles. The summed E-state index contributed by atoms with van der Waals surface area (Å²) in [6, 6.07) is 2.75. The SMILES string of the molecule is O=C(O)c1cn(C2CC2)c2cc(N3CCN([C@@H]4O[C@H](CO)[C@@H](O)[C@H](O)[C@H]4O)CC3)c(F)cc2c1=O. The Morgan fingerprint density at radius 1 is 1.06 bits per heavy atom. The van der Waals surface area contributed by atoms with Crippen LogP contribution < -0.4 is 10.3 Å². The van der Waals surface area contributed by atoms with E-state index < -0.39 is 54.5 Å². The van der Waals surface area contributed by atoms with Gasteiger partial charge in [0.2, 0.25) is 5.43 Å². The molecule has 0 bridgehead atoms. The predicted molar refractivity (Wildman–Crippen MR) is 121 cm³/mol. The Bertz CT molecular complexity index is 1190. The number of carboxylic acid groups (broad SMARTS) is 1. The van der Waals surface area contributed by atoms with E-state index in [2.05, 4.69) is 0 Å². The number of pyridine rings is 1. The van der Waals surface area contributed by atoms with Crippen molar-refractivity contribution >= 4 is 22.6 Å². The first kappa shape index (κ1) is 24.1. The number of rotatable bonds is 5. The molecule has 35 heavy (non-hydrogen) atoms. The number of aromatic carboxylic acids is 1. The zero-order chi connectivity index (χ0) is 25.0. The number of carbonyl (C=O) groups is 1. The molecule has 0 unspecified atom stereocenters. The summed E-state index contributed by atoms with van der Waals surface area (Å²) in [5.74, 6) is -1.99. The number of aliphatic hydroxyl groups is 4. The van der Waals surface area contributed by atoms with Crippen LogP contribution in [0.2, 0.25) is 0 Å². The summed E-state index contributed by atoms with van der Waals surface area (Å²) in [5, 5.41) is 49.3. The first-order chi connectivity index (χ1) is 16.7. The topological polar surface area (TPSA) is 156 Å². The molecule has 1 aliphatic carbocycles. The number of nitrogens with zero attached hydrogens (tertiary/aromatic N) is 3. The zero-order valence-corrected chi connectivity index (χ0v) is 18.8. The van der Waals surface area contributed by atoms with E-state index in [1.165, 1.54) is 6.20 Å².